The van der Waals surface area contributed by atoms with Crippen molar-refractivity contribution in [3.05, 3.63) is 41.2 Å². The first-order valence-electron chi connectivity index (χ1n) is 9.34. The maximum Gasteiger partial charge on any atom is 0.411 e. The molecule has 10 heteroatoms. The average Bonchev–Trinajstić information content (AvgIpc) is 2.70. The number of alkyl carbamates (subject to hydrolysis) is 1. The van der Waals surface area contributed by atoms with E-state index in [9.17, 15) is 14.4 Å². The Morgan fingerprint density at radius 1 is 1.27 bits per heavy atom. The highest BCUT2D eigenvalue weighted by Crippen LogP contribution is 2.39. The number of hydrogen-bond donors (Lipinski definition) is 2. The summed E-state index contributed by atoms with van der Waals surface area (Å²) >= 11 is 1.36. The van der Waals surface area contributed by atoms with Crippen LogP contribution in [0.15, 0.2) is 35.7 Å². The highest BCUT2D eigenvalue weighted by molar-refractivity contribution is 8.00. The van der Waals surface area contributed by atoms with Gasteiger partial charge in [-0.25, -0.2) is 9.59 Å². The second-order valence-electron chi connectivity index (χ2n) is 7.81. The van der Waals surface area contributed by atoms with E-state index in [1.54, 1.807) is 52.1 Å². The number of esters is 1. The van der Waals surface area contributed by atoms with Crippen LogP contribution in [-0.4, -0.2) is 52.7 Å². The van der Waals surface area contributed by atoms with Crippen LogP contribution in [0.3, 0.4) is 0 Å². The van der Waals surface area contributed by atoms with Gasteiger partial charge in [-0.15, -0.1) is 11.8 Å². The summed E-state index contributed by atoms with van der Waals surface area (Å²) in [6.07, 6.45) is -0.738. The smallest absolute Gasteiger partial charge is 0.411 e. The Bertz CT molecular complexity index is 878. The van der Waals surface area contributed by atoms with Gasteiger partial charge in [0, 0.05) is 5.75 Å². The molecule has 3 N–H and O–H groups in total. The Morgan fingerprint density at radius 3 is 2.53 bits per heavy atom. The molecule has 2 aliphatic heterocycles. The number of rotatable bonds is 5. The number of hydrogen-bond acceptors (Lipinski definition) is 8. The van der Waals surface area contributed by atoms with Crippen molar-refractivity contribution >= 4 is 29.7 Å². The zero-order chi connectivity index (χ0) is 22.1. The second kappa shape index (κ2) is 8.57. The first-order chi connectivity index (χ1) is 14.1. The quantitative estimate of drug-likeness (QED) is 0.530. The van der Waals surface area contributed by atoms with E-state index in [2.05, 4.69) is 5.32 Å². The summed E-state index contributed by atoms with van der Waals surface area (Å²) < 4.78 is 15.8. The van der Waals surface area contributed by atoms with Crippen LogP contribution in [0.25, 0.3) is 0 Å². The van der Waals surface area contributed by atoms with Crippen molar-refractivity contribution in [1.29, 1.82) is 0 Å². The van der Waals surface area contributed by atoms with E-state index in [1.165, 1.54) is 16.7 Å². The standard InChI is InChI=1S/C20H25N3O6S/c1-20(2,3)29-18(25)15-13(10-30-17-14(21)16(24)23(15)17)22-19(26)28-9-11-5-7-12(27-4)8-6-11/h5-8,14,17H,9-10,21H2,1-4H3,(H,22,26)/t14?,17-/m1/s1. The molecule has 0 aromatic heterocycles. The number of nitrogens with two attached hydrogens (primary N) is 1. The molecule has 0 spiro atoms. The normalized spacial score (nSPS) is 20.8. The molecule has 0 radical (unpaired) electrons. The molecular weight excluding hydrogens is 410 g/mol. The highest BCUT2D eigenvalue weighted by Gasteiger charge is 2.52. The lowest BCUT2D eigenvalue weighted by Crippen LogP contribution is -2.69. The summed E-state index contributed by atoms with van der Waals surface area (Å²) in [5.74, 6) is -0.104. The van der Waals surface area contributed by atoms with Gasteiger partial charge in [-0.3, -0.25) is 15.0 Å². The molecular formula is C20H25N3O6S. The van der Waals surface area contributed by atoms with E-state index < -0.39 is 23.7 Å². The first kappa shape index (κ1) is 22.0. The molecule has 0 aliphatic carbocycles. The number of amides is 2. The van der Waals surface area contributed by atoms with E-state index in [1.807, 2.05) is 0 Å². The summed E-state index contributed by atoms with van der Waals surface area (Å²) in [6.45, 7) is 5.20. The van der Waals surface area contributed by atoms with Gasteiger partial charge in [-0.05, 0) is 38.5 Å². The van der Waals surface area contributed by atoms with Gasteiger partial charge in [0.15, 0.2) is 5.70 Å². The van der Waals surface area contributed by atoms with E-state index in [4.69, 9.17) is 19.9 Å². The van der Waals surface area contributed by atoms with Gasteiger partial charge in [0.25, 0.3) is 0 Å². The molecule has 1 aromatic rings. The van der Waals surface area contributed by atoms with Crippen molar-refractivity contribution < 1.29 is 28.6 Å². The van der Waals surface area contributed by atoms with Crippen LogP contribution in [0.5, 0.6) is 5.75 Å². The topological polar surface area (TPSA) is 120 Å². The molecule has 9 nitrogen and oxygen atoms in total. The molecule has 1 aromatic carbocycles. The molecule has 162 valence electrons. The number of methoxy groups -OCH3 is 1. The fourth-order valence-corrected chi connectivity index (χ4v) is 4.19. The molecule has 1 unspecified atom stereocenters. The first-order valence-corrected chi connectivity index (χ1v) is 10.4. The number of β-lactam (4-membered cyclic amide) rings is 1. The van der Waals surface area contributed by atoms with Crippen LogP contribution in [0.2, 0.25) is 0 Å². The van der Waals surface area contributed by atoms with Gasteiger partial charge in [0.1, 0.15) is 29.4 Å². The number of ether oxygens (including phenoxy) is 3. The molecule has 1 saturated heterocycles. The molecule has 30 heavy (non-hydrogen) atoms. The van der Waals surface area contributed by atoms with Gasteiger partial charge < -0.3 is 19.9 Å². The maximum atomic E-state index is 12.8. The molecule has 2 atom stereocenters. The predicted octanol–water partition coefficient (Wildman–Crippen LogP) is 1.72. The van der Waals surface area contributed by atoms with E-state index in [0.717, 1.165) is 5.56 Å². The Kier molecular flexibility index (Phi) is 6.27. The summed E-state index contributed by atoms with van der Waals surface area (Å²) in [5, 5.41) is 2.23. The minimum atomic E-state index is -0.764. The third kappa shape index (κ3) is 4.71. The van der Waals surface area contributed by atoms with E-state index >= 15 is 0 Å². The lowest BCUT2D eigenvalue weighted by atomic mass is 10.1. The molecule has 3 rings (SSSR count). The third-order valence-electron chi connectivity index (χ3n) is 4.38. The number of benzene rings is 1. The van der Waals surface area contributed by atoms with Gasteiger partial charge in [0.2, 0.25) is 5.91 Å². The average molecular weight is 436 g/mol. The Labute approximate surface area is 178 Å². The maximum absolute atomic E-state index is 12.8. The fourth-order valence-electron chi connectivity index (χ4n) is 2.96. The fraction of sp³-hybridized carbons (Fsp3) is 0.450. The SMILES string of the molecule is COc1ccc(COC(=O)NC2=C(C(=O)OC(C)(C)C)N3C(=O)C(N)[C@H]3SC2)cc1. The number of fused-ring (bicyclic) bond motifs is 1. The summed E-state index contributed by atoms with van der Waals surface area (Å²) in [7, 11) is 1.57. The van der Waals surface area contributed by atoms with Crippen molar-refractivity contribution in [3.63, 3.8) is 0 Å². The molecule has 2 aliphatic rings. The van der Waals surface area contributed by atoms with Crippen LogP contribution in [0, 0.1) is 0 Å². The van der Waals surface area contributed by atoms with Gasteiger partial charge in [-0.1, -0.05) is 12.1 Å². The minimum Gasteiger partial charge on any atom is -0.497 e. The number of nitrogens with one attached hydrogen (secondary N) is 1. The summed E-state index contributed by atoms with van der Waals surface area (Å²) in [4.78, 5) is 38.6. The number of thioether (sulfide) groups is 1. The van der Waals surface area contributed by atoms with Crippen LogP contribution >= 0.6 is 11.8 Å². The van der Waals surface area contributed by atoms with Crippen molar-refractivity contribution in [2.75, 3.05) is 12.9 Å². The monoisotopic (exact) mass is 435 g/mol. The molecule has 0 saturated carbocycles. The van der Waals surface area contributed by atoms with Gasteiger partial charge in [0.05, 0.1) is 12.8 Å². The highest BCUT2D eigenvalue weighted by atomic mass is 32.2. The minimum absolute atomic E-state index is 0.00164. The second-order valence-corrected chi connectivity index (χ2v) is 8.92. The number of carbonyl (C=O) groups is 3. The molecule has 0 bridgehead atoms. The lowest BCUT2D eigenvalue weighted by molar-refractivity contribution is -0.158. The van der Waals surface area contributed by atoms with Crippen molar-refractivity contribution in [2.45, 2.75) is 44.4 Å². The van der Waals surface area contributed by atoms with Crippen molar-refractivity contribution in [3.8, 4) is 5.75 Å². The Hall–Kier alpha value is -2.72. The van der Waals surface area contributed by atoms with Gasteiger partial charge >= 0.3 is 12.1 Å². The Balaban J connectivity index is 1.73. The predicted molar refractivity (Wildman–Crippen MR) is 110 cm³/mol. The number of carbonyl (C=O) groups excluding carboxylic acids is 3. The van der Waals surface area contributed by atoms with Crippen LogP contribution in [0.4, 0.5) is 4.79 Å². The summed E-state index contributed by atoms with van der Waals surface area (Å²) in [6, 6.07) is 6.39. The summed E-state index contributed by atoms with van der Waals surface area (Å²) in [5.41, 5.74) is 6.10. The number of nitrogens with zero attached hydrogens (tertiary/aromatic N) is 1. The zero-order valence-corrected chi connectivity index (χ0v) is 18.1. The lowest BCUT2D eigenvalue weighted by Gasteiger charge is -2.48. The van der Waals surface area contributed by atoms with Crippen LogP contribution < -0.4 is 15.8 Å². The van der Waals surface area contributed by atoms with Gasteiger partial charge in [-0.2, -0.15) is 0 Å². The van der Waals surface area contributed by atoms with Crippen LogP contribution in [0.1, 0.15) is 26.3 Å². The molecule has 1 fully saturated rings. The van der Waals surface area contributed by atoms with Crippen molar-refractivity contribution in [1.82, 2.24) is 10.2 Å². The van der Waals surface area contributed by atoms with Crippen molar-refractivity contribution in [2.24, 2.45) is 5.73 Å². The third-order valence-corrected chi connectivity index (χ3v) is 5.68. The van der Waals surface area contributed by atoms with E-state index in [0.29, 0.717) is 5.75 Å². The largest absolute Gasteiger partial charge is 0.497 e. The molecule has 2 heterocycles. The van der Waals surface area contributed by atoms with Crippen LogP contribution in [-0.2, 0) is 25.7 Å². The molecule has 2 amide bonds. The Morgan fingerprint density at radius 2 is 1.93 bits per heavy atom. The van der Waals surface area contributed by atoms with E-state index in [-0.39, 0.29) is 35.0 Å². The zero-order valence-electron chi connectivity index (χ0n) is 17.3.